The molecule has 0 fully saturated rings. The lowest BCUT2D eigenvalue weighted by atomic mass is 10.2. The van der Waals surface area contributed by atoms with Crippen LogP contribution in [0, 0.1) is 0 Å². The number of anilines is 3. The molecule has 1 unspecified atom stereocenters. The standard InChI is InChI=1S/C18H17ClN2O3S/c1-3-24-18(23)20-12-8-9-16-14(10-12)21(17(22)11(2)19)13-6-4-5-7-15(13)25-16/h4-11H,3H2,1-2H3,(H,20,23). The maximum Gasteiger partial charge on any atom is 0.411 e. The molecule has 2 aromatic carbocycles. The van der Waals surface area contributed by atoms with E-state index in [0.717, 1.165) is 15.5 Å². The average Bonchev–Trinajstić information content (AvgIpc) is 2.59. The lowest BCUT2D eigenvalue weighted by Gasteiger charge is -2.32. The predicted octanol–water partition coefficient (Wildman–Crippen LogP) is 5.01. The molecule has 2 amide bonds. The van der Waals surface area contributed by atoms with Crippen LogP contribution in [0.2, 0.25) is 0 Å². The number of hydrogen-bond donors (Lipinski definition) is 1. The Morgan fingerprint density at radius 1 is 1.20 bits per heavy atom. The first-order valence-corrected chi connectivity index (χ1v) is 9.09. The Labute approximate surface area is 155 Å². The van der Waals surface area contributed by atoms with Crippen molar-refractivity contribution in [2.45, 2.75) is 29.0 Å². The normalized spacial score (nSPS) is 13.5. The van der Waals surface area contributed by atoms with E-state index in [1.807, 2.05) is 30.3 Å². The minimum absolute atomic E-state index is 0.219. The van der Waals surface area contributed by atoms with E-state index in [0.29, 0.717) is 11.4 Å². The third kappa shape index (κ3) is 3.60. The van der Waals surface area contributed by atoms with Gasteiger partial charge in [0.05, 0.1) is 18.0 Å². The zero-order valence-corrected chi connectivity index (χ0v) is 15.4. The number of nitrogens with zero attached hydrogens (tertiary/aromatic N) is 1. The van der Waals surface area contributed by atoms with Crippen LogP contribution in [0.15, 0.2) is 52.3 Å². The van der Waals surface area contributed by atoms with Crippen molar-refractivity contribution in [1.29, 1.82) is 0 Å². The topological polar surface area (TPSA) is 58.6 Å². The van der Waals surface area contributed by atoms with Crippen LogP contribution in [0.5, 0.6) is 0 Å². The number of para-hydroxylation sites is 1. The molecule has 1 aliphatic rings. The second-order valence-corrected chi connectivity index (χ2v) is 7.13. The highest BCUT2D eigenvalue weighted by Crippen LogP contribution is 2.49. The lowest BCUT2D eigenvalue weighted by molar-refractivity contribution is -0.117. The maximum absolute atomic E-state index is 12.7. The maximum atomic E-state index is 12.7. The summed E-state index contributed by atoms with van der Waals surface area (Å²) in [6, 6.07) is 13.1. The average molecular weight is 377 g/mol. The van der Waals surface area contributed by atoms with Gasteiger partial charge in [-0.05, 0) is 44.2 Å². The van der Waals surface area contributed by atoms with Gasteiger partial charge in [0.25, 0.3) is 0 Å². The number of ether oxygens (including phenoxy) is 1. The number of nitrogens with one attached hydrogen (secondary N) is 1. The zero-order valence-electron chi connectivity index (χ0n) is 13.8. The molecule has 1 N–H and O–H groups in total. The molecule has 25 heavy (non-hydrogen) atoms. The fourth-order valence-corrected chi connectivity index (χ4v) is 3.67. The van der Waals surface area contributed by atoms with Gasteiger partial charge in [-0.2, -0.15) is 0 Å². The highest BCUT2D eigenvalue weighted by Gasteiger charge is 2.30. The van der Waals surface area contributed by atoms with Crippen molar-refractivity contribution in [3.8, 4) is 0 Å². The van der Waals surface area contributed by atoms with E-state index in [1.165, 1.54) is 0 Å². The van der Waals surface area contributed by atoms with E-state index in [2.05, 4.69) is 5.32 Å². The largest absolute Gasteiger partial charge is 0.450 e. The van der Waals surface area contributed by atoms with Gasteiger partial charge in [0, 0.05) is 15.5 Å². The molecule has 0 radical (unpaired) electrons. The molecule has 1 atom stereocenters. The van der Waals surface area contributed by atoms with Gasteiger partial charge in [-0.15, -0.1) is 11.6 Å². The van der Waals surface area contributed by atoms with E-state index >= 15 is 0 Å². The molecule has 0 saturated carbocycles. The van der Waals surface area contributed by atoms with Crippen molar-refractivity contribution < 1.29 is 14.3 Å². The molecule has 0 spiro atoms. The fourth-order valence-electron chi connectivity index (χ4n) is 2.53. The summed E-state index contributed by atoms with van der Waals surface area (Å²) in [5.41, 5.74) is 2.03. The Morgan fingerprint density at radius 2 is 1.92 bits per heavy atom. The van der Waals surface area contributed by atoms with Crippen LogP contribution in [-0.4, -0.2) is 24.0 Å². The minimum atomic E-state index is -0.675. The van der Waals surface area contributed by atoms with Crippen molar-refractivity contribution in [1.82, 2.24) is 0 Å². The number of amides is 2. The lowest BCUT2D eigenvalue weighted by Crippen LogP contribution is -2.33. The fraction of sp³-hybridized carbons (Fsp3) is 0.222. The number of carbonyl (C=O) groups is 2. The highest BCUT2D eigenvalue weighted by atomic mass is 35.5. The summed E-state index contributed by atoms with van der Waals surface area (Å²) in [4.78, 5) is 27.9. The number of hydrogen-bond acceptors (Lipinski definition) is 4. The molecule has 1 heterocycles. The summed E-state index contributed by atoms with van der Waals surface area (Å²) in [5.74, 6) is -0.219. The van der Waals surface area contributed by atoms with E-state index in [-0.39, 0.29) is 12.5 Å². The van der Waals surface area contributed by atoms with Gasteiger partial charge in [0.15, 0.2) is 0 Å². The van der Waals surface area contributed by atoms with Crippen molar-refractivity contribution in [3.05, 3.63) is 42.5 Å². The number of benzene rings is 2. The van der Waals surface area contributed by atoms with Crippen LogP contribution in [0.1, 0.15) is 13.8 Å². The molecule has 130 valence electrons. The predicted molar refractivity (Wildman–Crippen MR) is 100 cm³/mol. The van der Waals surface area contributed by atoms with Gasteiger partial charge >= 0.3 is 6.09 Å². The Balaban J connectivity index is 2.03. The highest BCUT2D eigenvalue weighted by molar-refractivity contribution is 7.99. The van der Waals surface area contributed by atoms with Crippen molar-refractivity contribution in [2.75, 3.05) is 16.8 Å². The summed E-state index contributed by atoms with van der Waals surface area (Å²) in [7, 11) is 0. The van der Waals surface area contributed by atoms with Crippen LogP contribution in [-0.2, 0) is 9.53 Å². The van der Waals surface area contributed by atoms with E-state index in [9.17, 15) is 9.59 Å². The third-order valence-corrected chi connectivity index (χ3v) is 4.93. The molecular formula is C18H17ClN2O3S. The molecule has 0 saturated heterocycles. The molecule has 0 bridgehead atoms. The minimum Gasteiger partial charge on any atom is -0.450 e. The third-order valence-electron chi connectivity index (χ3n) is 3.61. The van der Waals surface area contributed by atoms with Crippen molar-refractivity contribution in [3.63, 3.8) is 0 Å². The molecule has 0 aromatic heterocycles. The van der Waals surface area contributed by atoms with Crippen LogP contribution >= 0.6 is 23.4 Å². The second-order valence-electron chi connectivity index (χ2n) is 5.39. The van der Waals surface area contributed by atoms with Gasteiger partial charge in [-0.1, -0.05) is 23.9 Å². The van der Waals surface area contributed by atoms with Crippen LogP contribution in [0.3, 0.4) is 0 Å². The Hall–Kier alpha value is -2.18. The van der Waals surface area contributed by atoms with E-state index < -0.39 is 11.5 Å². The molecular weight excluding hydrogens is 360 g/mol. The zero-order chi connectivity index (χ0) is 18.0. The van der Waals surface area contributed by atoms with Crippen molar-refractivity contribution >= 4 is 52.4 Å². The summed E-state index contributed by atoms with van der Waals surface area (Å²) in [5, 5.41) is 1.99. The van der Waals surface area contributed by atoms with Gasteiger partial charge in [-0.25, -0.2) is 4.79 Å². The Kier molecular flexibility index (Phi) is 5.20. The first-order chi connectivity index (χ1) is 12.0. The SMILES string of the molecule is CCOC(=O)Nc1ccc2c(c1)N(C(=O)C(C)Cl)c1ccccc1S2. The Morgan fingerprint density at radius 3 is 2.64 bits per heavy atom. The molecule has 0 aliphatic carbocycles. The summed E-state index contributed by atoms with van der Waals surface area (Å²) in [6.07, 6.45) is -0.532. The number of halogens is 1. The molecule has 1 aliphatic heterocycles. The van der Waals surface area contributed by atoms with Gasteiger partial charge in [0.1, 0.15) is 5.38 Å². The van der Waals surface area contributed by atoms with Gasteiger partial charge in [-0.3, -0.25) is 15.0 Å². The number of carbonyl (C=O) groups excluding carboxylic acids is 2. The number of rotatable bonds is 3. The monoisotopic (exact) mass is 376 g/mol. The van der Waals surface area contributed by atoms with Crippen LogP contribution in [0.25, 0.3) is 0 Å². The van der Waals surface area contributed by atoms with Crippen LogP contribution < -0.4 is 10.2 Å². The first-order valence-electron chi connectivity index (χ1n) is 7.84. The van der Waals surface area contributed by atoms with E-state index in [1.54, 1.807) is 42.6 Å². The quantitative estimate of drug-likeness (QED) is 0.765. The molecule has 5 nitrogen and oxygen atoms in total. The number of alkyl halides is 1. The molecule has 2 aromatic rings. The summed E-state index contributed by atoms with van der Waals surface area (Å²) >= 11 is 7.64. The summed E-state index contributed by atoms with van der Waals surface area (Å²) < 4.78 is 4.90. The van der Waals surface area contributed by atoms with Crippen LogP contribution in [0.4, 0.5) is 21.9 Å². The van der Waals surface area contributed by atoms with Gasteiger partial charge < -0.3 is 4.74 Å². The van der Waals surface area contributed by atoms with Crippen molar-refractivity contribution in [2.24, 2.45) is 0 Å². The number of fused-ring (bicyclic) bond motifs is 2. The van der Waals surface area contributed by atoms with E-state index in [4.69, 9.17) is 16.3 Å². The second kappa shape index (κ2) is 7.37. The first kappa shape index (κ1) is 17.6. The molecule has 7 heteroatoms. The smallest absolute Gasteiger partial charge is 0.411 e. The summed E-state index contributed by atoms with van der Waals surface area (Å²) in [6.45, 7) is 3.67. The van der Waals surface area contributed by atoms with Gasteiger partial charge in [0.2, 0.25) is 5.91 Å². The molecule has 3 rings (SSSR count). The Bertz CT molecular complexity index is 826.